The normalized spacial score (nSPS) is 23.4. The van der Waals surface area contributed by atoms with Crippen LogP contribution in [-0.2, 0) is 0 Å². The zero-order chi connectivity index (χ0) is 9.84. The molecule has 2 N–H and O–H groups in total. The lowest BCUT2D eigenvalue weighted by atomic mass is 10.3. The van der Waals surface area contributed by atoms with E-state index in [2.05, 4.69) is 4.90 Å². The smallest absolute Gasteiger partial charge is 0.407 e. The summed E-state index contributed by atoms with van der Waals surface area (Å²) in [5, 5.41) is 17.8. The molecule has 1 heterocycles. The third-order valence-corrected chi connectivity index (χ3v) is 2.33. The number of β-amino-alcohol motifs (C(OH)–C–C–N with tert-alkyl or cyclic N) is 1. The van der Waals surface area contributed by atoms with Gasteiger partial charge in [0.15, 0.2) is 0 Å². The quantitative estimate of drug-likeness (QED) is 0.636. The van der Waals surface area contributed by atoms with Crippen LogP contribution in [-0.4, -0.2) is 65.4 Å². The molecule has 0 aromatic carbocycles. The zero-order valence-electron chi connectivity index (χ0n) is 7.81. The highest BCUT2D eigenvalue weighted by atomic mass is 16.4. The number of carbonyl (C=O) groups is 1. The standard InChI is InChI=1S/C8H16N2O3/c1-9(8(12)13)4-5-10-3-2-7(11)6-10/h7,11H,2-6H2,1H3,(H,12,13). The van der Waals surface area contributed by atoms with Crippen molar-refractivity contribution in [3.8, 4) is 0 Å². The van der Waals surface area contributed by atoms with E-state index in [1.807, 2.05) is 0 Å². The lowest BCUT2D eigenvalue weighted by molar-refractivity contribution is 0.146. The number of likely N-dealkylation sites (tertiary alicyclic amines) is 1. The fourth-order valence-electron chi connectivity index (χ4n) is 1.40. The Bertz CT molecular complexity index is 186. The SMILES string of the molecule is CN(CCN1CCC(O)C1)C(=O)O. The molecule has 0 bridgehead atoms. The van der Waals surface area contributed by atoms with Crippen LogP contribution in [0.3, 0.4) is 0 Å². The van der Waals surface area contributed by atoms with Gasteiger partial charge in [-0.05, 0) is 6.42 Å². The van der Waals surface area contributed by atoms with Crippen molar-refractivity contribution in [2.75, 3.05) is 33.2 Å². The van der Waals surface area contributed by atoms with E-state index in [0.29, 0.717) is 19.6 Å². The van der Waals surface area contributed by atoms with E-state index in [9.17, 15) is 9.90 Å². The summed E-state index contributed by atoms with van der Waals surface area (Å²) in [5.41, 5.74) is 0. The van der Waals surface area contributed by atoms with Crippen LogP contribution in [0, 0.1) is 0 Å². The second-order valence-electron chi connectivity index (χ2n) is 3.45. The van der Waals surface area contributed by atoms with E-state index >= 15 is 0 Å². The molecule has 0 spiro atoms. The molecule has 0 aliphatic carbocycles. The maximum absolute atomic E-state index is 10.4. The highest BCUT2D eigenvalue weighted by molar-refractivity contribution is 5.64. The van der Waals surface area contributed by atoms with Crippen LogP contribution in [0.2, 0.25) is 0 Å². The molecule has 0 saturated carbocycles. The first-order valence-electron chi connectivity index (χ1n) is 4.44. The first-order chi connectivity index (χ1) is 6.09. The molecule has 0 aromatic rings. The summed E-state index contributed by atoms with van der Waals surface area (Å²) in [6.07, 6.45) is -0.327. The van der Waals surface area contributed by atoms with Crippen molar-refractivity contribution >= 4 is 6.09 Å². The summed E-state index contributed by atoms with van der Waals surface area (Å²) >= 11 is 0. The summed E-state index contributed by atoms with van der Waals surface area (Å²) in [6, 6.07) is 0. The van der Waals surface area contributed by atoms with Gasteiger partial charge in [0.25, 0.3) is 0 Å². The van der Waals surface area contributed by atoms with Gasteiger partial charge >= 0.3 is 6.09 Å². The molecule has 0 radical (unpaired) electrons. The molecule has 1 saturated heterocycles. The van der Waals surface area contributed by atoms with Gasteiger partial charge in [-0.3, -0.25) is 4.90 Å². The molecule has 5 nitrogen and oxygen atoms in total. The monoisotopic (exact) mass is 188 g/mol. The number of nitrogens with zero attached hydrogens (tertiary/aromatic N) is 2. The number of carboxylic acid groups (broad SMARTS) is 1. The second-order valence-corrected chi connectivity index (χ2v) is 3.45. The molecule has 0 aromatic heterocycles. The van der Waals surface area contributed by atoms with Gasteiger partial charge in [0.1, 0.15) is 0 Å². The van der Waals surface area contributed by atoms with Crippen molar-refractivity contribution in [3.63, 3.8) is 0 Å². The number of amides is 1. The Morgan fingerprint density at radius 1 is 1.69 bits per heavy atom. The molecule has 5 heteroatoms. The summed E-state index contributed by atoms with van der Waals surface area (Å²) < 4.78 is 0. The van der Waals surface area contributed by atoms with Crippen LogP contribution >= 0.6 is 0 Å². The molecule has 76 valence electrons. The van der Waals surface area contributed by atoms with Crippen LogP contribution in [0.4, 0.5) is 4.79 Å². The van der Waals surface area contributed by atoms with Crippen LogP contribution < -0.4 is 0 Å². The molecule has 1 unspecified atom stereocenters. The Kier molecular flexibility index (Phi) is 3.50. The predicted octanol–water partition coefficient (Wildman–Crippen LogP) is -0.337. The molecule has 1 aliphatic heterocycles. The van der Waals surface area contributed by atoms with Gasteiger partial charge < -0.3 is 15.1 Å². The lowest BCUT2D eigenvalue weighted by Gasteiger charge is -2.18. The molecule has 1 aliphatic rings. The minimum absolute atomic E-state index is 0.227. The molecular weight excluding hydrogens is 172 g/mol. The maximum Gasteiger partial charge on any atom is 0.407 e. The summed E-state index contributed by atoms with van der Waals surface area (Å²) in [5.74, 6) is 0. The molecular formula is C8H16N2O3. The molecule has 1 amide bonds. The number of likely N-dealkylation sites (N-methyl/N-ethyl adjacent to an activating group) is 1. The van der Waals surface area contributed by atoms with Crippen molar-refractivity contribution in [1.29, 1.82) is 0 Å². The highest BCUT2D eigenvalue weighted by Gasteiger charge is 2.20. The van der Waals surface area contributed by atoms with Crippen LogP contribution in [0.1, 0.15) is 6.42 Å². The van der Waals surface area contributed by atoms with E-state index in [0.717, 1.165) is 13.0 Å². The first-order valence-corrected chi connectivity index (χ1v) is 4.44. The number of aliphatic hydroxyl groups is 1. The minimum atomic E-state index is -0.903. The molecule has 1 atom stereocenters. The average molecular weight is 188 g/mol. The second kappa shape index (κ2) is 4.43. The summed E-state index contributed by atoms with van der Waals surface area (Å²) in [7, 11) is 1.55. The lowest BCUT2D eigenvalue weighted by Crippen LogP contribution is -2.34. The third kappa shape index (κ3) is 3.20. The van der Waals surface area contributed by atoms with Gasteiger partial charge in [-0.25, -0.2) is 4.79 Å². The number of hydrogen-bond donors (Lipinski definition) is 2. The largest absolute Gasteiger partial charge is 0.465 e. The van der Waals surface area contributed by atoms with E-state index in [1.165, 1.54) is 4.90 Å². The Morgan fingerprint density at radius 2 is 2.38 bits per heavy atom. The molecule has 13 heavy (non-hydrogen) atoms. The Hall–Kier alpha value is -0.810. The molecule has 1 rings (SSSR count). The zero-order valence-corrected chi connectivity index (χ0v) is 7.81. The van der Waals surface area contributed by atoms with Crippen molar-refractivity contribution in [2.24, 2.45) is 0 Å². The van der Waals surface area contributed by atoms with E-state index in [4.69, 9.17) is 5.11 Å². The number of hydrogen-bond acceptors (Lipinski definition) is 3. The highest BCUT2D eigenvalue weighted by Crippen LogP contribution is 2.07. The minimum Gasteiger partial charge on any atom is -0.465 e. The third-order valence-electron chi connectivity index (χ3n) is 2.33. The predicted molar refractivity (Wildman–Crippen MR) is 47.7 cm³/mol. The number of aliphatic hydroxyl groups excluding tert-OH is 1. The Morgan fingerprint density at radius 3 is 2.85 bits per heavy atom. The van der Waals surface area contributed by atoms with Gasteiger partial charge in [0, 0.05) is 33.2 Å². The fourth-order valence-corrected chi connectivity index (χ4v) is 1.40. The average Bonchev–Trinajstić information content (AvgIpc) is 2.47. The van der Waals surface area contributed by atoms with Gasteiger partial charge in [-0.1, -0.05) is 0 Å². The van der Waals surface area contributed by atoms with Gasteiger partial charge in [0.05, 0.1) is 6.10 Å². The van der Waals surface area contributed by atoms with Crippen LogP contribution in [0.25, 0.3) is 0 Å². The summed E-state index contributed by atoms with van der Waals surface area (Å²) in [4.78, 5) is 13.8. The van der Waals surface area contributed by atoms with E-state index in [1.54, 1.807) is 7.05 Å². The van der Waals surface area contributed by atoms with Crippen LogP contribution in [0.5, 0.6) is 0 Å². The van der Waals surface area contributed by atoms with Gasteiger partial charge in [-0.15, -0.1) is 0 Å². The first kappa shape index (κ1) is 10.3. The van der Waals surface area contributed by atoms with Crippen molar-refractivity contribution in [1.82, 2.24) is 9.80 Å². The van der Waals surface area contributed by atoms with Crippen molar-refractivity contribution in [2.45, 2.75) is 12.5 Å². The topological polar surface area (TPSA) is 64.0 Å². The van der Waals surface area contributed by atoms with E-state index in [-0.39, 0.29) is 6.10 Å². The van der Waals surface area contributed by atoms with Gasteiger partial charge in [-0.2, -0.15) is 0 Å². The fraction of sp³-hybridized carbons (Fsp3) is 0.875. The van der Waals surface area contributed by atoms with Crippen molar-refractivity contribution < 1.29 is 15.0 Å². The van der Waals surface area contributed by atoms with Crippen molar-refractivity contribution in [3.05, 3.63) is 0 Å². The van der Waals surface area contributed by atoms with Gasteiger partial charge in [0.2, 0.25) is 0 Å². The van der Waals surface area contributed by atoms with Crippen LogP contribution in [0.15, 0.2) is 0 Å². The Labute approximate surface area is 77.6 Å². The summed E-state index contributed by atoms with van der Waals surface area (Å²) in [6.45, 7) is 2.75. The van der Waals surface area contributed by atoms with E-state index < -0.39 is 6.09 Å². The number of rotatable bonds is 3. The maximum atomic E-state index is 10.4. The Balaban J connectivity index is 2.16. The molecule has 1 fully saturated rings.